The largest absolute Gasteiger partial charge is 0.316 e. The van der Waals surface area contributed by atoms with Crippen molar-refractivity contribution in [2.24, 2.45) is 5.92 Å². The van der Waals surface area contributed by atoms with Crippen molar-refractivity contribution in [2.45, 2.75) is 17.7 Å². The second-order valence-corrected chi connectivity index (χ2v) is 8.63. The highest BCUT2D eigenvalue weighted by Gasteiger charge is 2.33. The van der Waals surface area contributed by atoms with E-state index >= 15 is 0 Å². The molecule has 8 heteroatoms. The van der Waals surface area contributed by atoms with Gasteiger partial charge in [0.2, 0.25) is 15.9 Å². The van der Waals surface area contributed by atoms with E-state index in [1.54, 1.807) is 41.8 Å². The molecule has 1 N–H and O–H groups in total. The van der Waals surface area contributed by atoms with Crippen LogP contribution in [0.2, 0.25) is 0 Å². The number of thiophene rings is 1. The van der Waals surface area contributed by atoms with E-state index in [1.807, 2.05) is 6.07 Å². The second-order valence-electron chi connectivity index (χ2n) is 5.78. The number of piperidine rings is 1. The van der Waals surface area contributed by atoms with Gasteiger partial charge in [-0.15, -0.1) is 11.3 Å². The van der Waals surface area contributed by atoms with Crippen LogP contribution in [0.5, 0.6) is 0 Å². The Morgan fingerprint density at radius 3 is 2.76 bits per heavy atom. The van der Waals surface area contributed by atoms with Crippen LogP contribution in [0.15, 0.2) is 46.7 Å². The molecule has 0 radical (unpaired) electrons. The second kappa shape index (κ2) is 7.35. The van der Waals surface area contributed by atoms with Gasteiger partial charge < -0.3 is 5.32 Å². The van der Waals surface area contributed by atoms with E-state index < -0.39 is 15.9 Å². The summed E-state index contributed by atoms with van der Waals surface area (Å²) in [6, 6.07) is 11.9. The molecule has 3 rings (SSSR count). The lowest BCUT2D eigenvalue weighted by Crippen LogP contribution is -2.43. The van der Waals surface area contributed by atoms with Crippen molar-refractivity contribution in [3.05, 3.63) is 47.3 Å². The fourth-order valence-corrected chi connectivity index (χ4v) is 5.11. The number of nitrogens with zero attached hydrogens (tertiary/aromatic N) is 2. The highest BCUT2D eigenvalue weighted by Crippen LogP contribution is 2.27. The average Bonchev–Trinajstić information content (AvgIpc) is 3.09. The maximum Gasteiger partial charge on any atom is 0.243 e. The average molecular weight is 375 g/mol. The minimum Gasteiger partial charge on any atom is -0.316 e. The molecule has 1 saturated heterocycles. The molecule has 1 unspecified atom stereocenters. The molecule has 25 heavy (non-hydrogen) atoms. The lowest BCUT2D eigenvalue weighted by atomic mass is 9.99. The zero-order chi connectivity index (χ0) is 17.9. The van der Waals surface area contributed by atoms with Crippen molar-refractivity contribution in [3.8, 4) is 6.07 Å². The number of anilines is 1. The van der Waals surface area contributed by atoms with Crippen LogP contribution in [0.1, 0.15) is 18.4 Å². The molecule has 1 aliphatic rings. The van der Waals surface area contributed by atoms with E-state index in [4.69, 9.17) is 5.26 Å². The molecule has 1 aromatic heterocycles. The Bertz CT molecular complexity index is 901. The van der Waals surface area contributed by atoms with Gasteiger partial charge in [0, 0.05) is 13.1 Å². The van der Waals surface area contributed by atoms with E-state index in [-0.39, 0.29) is 17.3 Å². The van der Waals surface area contributed by atoms with Gasteiger partial charge in [-0.05, 0) is 36.4 Å². The smallest absolute Gasteiger partial charge is 0.243 e. The lowest BCUT2D eigenvalue weighted by Gasteiger charge is -2.31. The van der Waals surface area contributed by atoms with Crippen molar-refractivity contribution in [1.29, 1.82) is 5.26 Å². The van der Waals surface area contributed by atoms with Crippen molar-refractivity contribution in [3.63, 3.8) is 0 Å². The molecule has 0 spiro atoms. The normalized spacial score (nSPS) is 18.4. The quantitative estimate of drug-likeness (QED) is 0.889. The third kappa shape index (κ3) is 3.74. The zero-order valence-electron chi connectivity index (χ0n) is 13.4. The summed E-state index contributed by atoms with van der Waals surface area (Å²) in [5.41, 5.74) is 0.419. The van der Waals surface area contributed by atoms with Crippen LogP contribution in [-0.4, -0.2) is 31.7 Å². The first kappa shape index (κ1) is 17.6. The number of benzene rings is 1. The molecular formula is C17H17N3O3S2. The first-order valence-electron chi connectivity index (χ1n) is 7.86. The van der Waals surface area contributed by atoms with Gasteiger partial charge in [-0.3, -0.25) is 4.79 Å². The molecule has 2 aromatic rings. The van der Waals surface area contributed by atoms with Gasteiger partial charge in [-0.2, -0.15) is 9.57 Å². The Labute approximate surface area is 150 Å². The predicted molar refractivity (Wildman–Crippen MR) is 95.6 cm³/mol. The van der Waals surface area contributed by atoms with Crippen molar-refractivity contribution >= 4 is 32.3 Å². The van der Waals surface area contributed by atoms with E-state index in [2.05, 4.69) is 5.32 Å². The Hall–Kier alpha value is -2.21. The third-order valence-electron chi connectivity index (χ3n) is 4.16. The number of rotatable bonds is 4. The van der Waals surface area contributed by atoms with E-state index in [1.165, 1.54) is 15.6 Å². The number of carbonyl (C=O) groups is 1. The summed E-state index contributed by atoms with van der Waals surface area (Å²) in [6.45, 7) is 0.555. The summed E-state index contributed by atoms with van der Waals surface area (Å²) in [4.78, 5) is 12.7. The monoisotopic (exact) mass is 375 g/mol. The van der Waals surface area contributed by atoms with E-state index in [0.717, 1.165) is 0 Å². The van der Waals surface area contributed by atoms with Crippen LogP contribution in [0.4, 0.5) is 5.00 Å². The molecule has 6 nitrogen and oxygen atoms in total. The standard InChI is InChI=1S/C17H17N3O3S2/c18-11-13-8-10-24-17(13)19-16(21)14-5-4-9-20(12-14)25(22,23)15-6-2-1-3-7-15/h1-3,6-8,10,14H,4-5,9,12H2,(H,19,21). The summed E-state index contributed by atoms with van der Waals surface area (Å²) in [5.74, 6) is -0.673. The first-order valence-corrected chi connectivity index (χ1v) is 10.2. The number of hydrogen-bond donors (Lipinski definition) is 1. The van der Waals surface area contributed by atoms with Crippen LogP contribution in [-0.2, 0) is 14.8 Å². The van der Waals surface area contributed by atoms with Gasteiger partial charge in [-0.1, -0.05) is 18.2 Å². The molecule has 1 amide bonds. The number of hydrogen-bond acceptors (Lipinski definition) is 5. The third-order valence-corrected chi connectivity index (χ3v) is 6.87. The van der Waals surface area contributed by atoms with Crippen LogP contribution >= 0.6 is 11.3 Å². The number of sulfonamides is 1. The number of carbonyl (C=O) groups excluding carboxylic acids is 1. The first-order chi connectivity index (χ1) is 12.0. The Morgan fingerprint density at radius 2 is 2.04 bits per heavy atom. The fraction of sp³-hybridized carbons (Fsp3) is 0.294. The Kier molecular flexibility index (Phi) is 5.18. The molecule has 1 fully saturated rings. The lowest BCUT2D eigenvalue weighted by molar-refractivity contribution is -0.120. The highest BCUT2D eigenvalue weighted by molar-refractivity contribution is 7.89. The minimum absolute atomic E-state index is 0.149. The molecule has 0 bridgehead atoms. The number of nitrogens with one attached hydrogen (secondary N) is 1. The molecule has 1 atom stereocenters. The zero-order valence-corrected chi connectivity index (χ0v) is 15.0. The fourth-order valence-electron chi connectivity index (χ4n) is 2.82. The summed E-state index contributed by atoms with van der Waals surface area (Å²) >= 11 is 1.28. The van der Waals surface area contributed by atoms with Gasteiger partial charge in [0.25, 0.3) is 0 Å². The molecule has 1 aromatic carbocycles. The summed E-state index contributed by atoms with van der Waals surface area (Å²) in [6.07, 6.45) is 1.25. The molecule has 130 valence electrons. The predicted octanol–water partition coefficient (Wildman–Crippen LogP) is 2.66. The summed E-state index contributed by atoms with van der Waals surface area (Å²) in [7, 11) is -3.60. The Morgan fingerprint density at radius 1 is 1.28 bits per heavy atom. The molecule has 0 saturated carbocycles. The molecular weight excluding hydrogens is 358 g/mol. The maximum absolute atomic E-state index is 12.7. The van der Waals surface area contributed by atoms with Gasteiger partial charge in [0.15, 0.2) is 0 Å². The van der Waals surface area contributed by atoms with Crippen LogP contribution in [0.25, 0.3) is 0 Å². The maximum atomic E-state index is 12.7. The minimum atomic E-state index is -3.60. The van der Waals surface area contributed by atoms with Crippen LogP contribution in [0.3, 0.4) is 0 Å². The SMILES string of the molecule is N#Cc1ccsc1NC(=O)C1CCCN(S(=O)(=O)c2ccccc2)C1. The summed E-state index contributed by atoms with van der Waals surface area (Å²) in [5, 5.41) is 14.0. The van der Waals surface area contributed by atoms with E-state index in [0.29, 0.717) is 30.0 Å². The number of amides is 1. The van der Waals surface area contributed by atoms with Gasteiger partial charge in [0.1, 0.15) is 11.1 Å². The van der Waals surface area contributed by atoms with Gasteiger partial charge in [-0.25, -0.2) is 8.42 Å². The molecule has 1 aliphatic heterocycles. The highest BCUT2D eigenvalue weighted by atomic mass is 32.2. The molecule has 0 aliphatic carbocycles. The van der Waals surface area contributed by atoms with Gasteiger partial charge >= 0.3 is 0 Å². The van der Waals surface area contributed by atoms with Crippen LogP contribution < -0.4 is 5.32 Å². The topological polar surface area (TPSA) is 90.3 Å². The van der Waals surface area contributed by atoms with E-state index in [9.17, 15) is 13.2 Å². The van der Waals surface area contributed by atoms with Crippen molar-refractivity contribution in [1.82, 2.24) is 4.31 Å². The molecule has 2 heterocycles. The van der Waals surface area contributed by atoms with Crippen molar-refractivity contribution < 1.29 is 13.2 Å². The Balaban J connectivity index is 1.73. The number of nitriles is 1. The van der Waals surface area contributed by atoms with Crippen LogP contribution in [0, 0.1) is 17.2 Å². The summed E-state index contributed by atoms with van der Waals surface area (Å²) < 4.78 is 26.8. The van der Waals surface area contributed by atoms with Crippen molar-refractivity contribution in [2.75, 3.05) is 18.4 Å². The van der Waals surface area contributed by atoms with Gasteiger partial charge in [0.05, 0.1) is 16.4 Å².